The summed E-state index contributed by atoms with van der Waals surface area (Å²) >= 11 is 0. The fourth-order valence-electron chi connectivity index (χ4n) is 1.63. The van der Waals surface area contributed by atoms with Crippen molar-refractivity contribution >= 4 is 22.5 Å². The van der Waals surface area contributed by atoms with Gasteiger partial charge < -0.3 is 10.6 Å². The van der Waals surface area contributed by atoms with Gasteiger partial charge in [0.25, 0.3) is 0 Å². The number of fused-ring (bicyclic) bond motifs is 1. The van der Waals surface area contributed by atoms with Gasteiger partial charge in [-0.3, -0.25) is 0 Å². The molecule has 3 nitrogen and oxygen atoms in total. The average molecular weight is 266 g/mol. The molecule has 0 aliphatic rings. The minimum atomic E-state index is -0.179. The van der Waals surface area contributed by atoms with Crippen LogP contribution in [-0.2, 0) is 0 Å². The first kappa shape index (κ1) is 15.7. The van der Waals surface area contributed by atoms with E-state index in [9.17, 15) is 4.79 Å². The zero-order chi connectivity index (χ0) is 12.3. The number of rotatable bonds is 2. The van der Waals surface area contributed by atoms with Crippen molar-refractivity contribution in [1.29, 1.82) is 0 Å². The summed E-state index contributed by atoms with van der Waals surface area (Å²) in [5, 5.41) is 7.79. The van der Waals surface area contributed by atoms with Crippen LogP contribution in [0.2, 0.25) is 0 Å². The van der Waals surface area contributed by atoms with Crippen molar-refractivity contribution in [3.63, 3.8) is 0 Å². The van der Waals surface area contributed by atoms with E-state index in [0.717, 1.165) is 16.5 Å². The minimum Gasteiger partial charge on any atom is -0.336 e. The molecule has 88 valence electrons. The van der Waals surface area contributed by atoms with E-state index in [-0.39, 0.29) is 63.5 Å². The summed E-state index contributed by atoms with van der Waals surface area (Å²) in [5.74, 6) is 0. The summed E-state index contributed by atoms with van der Waals surface area (Å²) in [6.07, 6.45) is 0. The first-order chi connectivity index (χ1) is 8.15. The molecule has 18 heavy (non-hydrogen) atoms. The molecule has 0 spiro atoms. The van der Waals surface area contributed by atoms with E-state index < -0.39 is 0 Å². The van der Waals surface area contributed by atoms with Crippen LogP contribution in [0.15, 0.2) is 36.4 Å². The number of nitrogens with one attached hydrogen (secondary N) is 2. The summed E-state index contributed by atoms with van der Waals surface area (Å²) in [5.41, 5.74) is 0.793. The molecule has 0 aromatic heterocycles. The molecule has 0 fully saturated rings. The zero-order valence-corrected chi connectivity index (χ0v) is 14.1. The quantitative estimate of drug-likeness (QED) is 0.591. The van der Waals surface area contributed by atoms with Crippen molar-refractivity contribution < 1.29 is 56.2 Å². The Morgan fingerprint density at radius 3 is 2.72 bits per heavy atom. The van der Waals surface area contributed by atoms with Gasteiger partial charge in [-0.15, -0.1) is 16.8 Å². The van der Waals surface area contributed by atoms with Crippen LogP contribution in [0.3, 0.4) is 0 Å². The van der Waals surface area contributed by atoms with Gasteiger partial charge in [-0.1, -0.05) is 12.1 Å². The van der Waals surface area contributed by atoms with Crippen LogP contribution >= 0.6 is 0 Å². The van der Waals surface area contributed by atoms with Crippen LogP contribution in [0.1, 0.15) is 13.8 Å². The average Bonchev–Trinajstić information content (AvgIpc) is 2.27. The predicted octanol–water partition coefficient (Wildman–Crippen LogP) is 0.174. The van der Waals surface area contributed by atoms with Crippen molar-refractivity contribution in [3.05, 3.63) is 42.5 Å². The fourth-order valence-corrected chi connectivity index (χ4v) is 1.63. The molecule has 0 radical (unpaired) electrons. The normalized spacial score (nSPS) is 9.94. The molecular formula is C14H15KN2O. The molecule has 0 bridgehead atoms. The van der Waals surface area contributed by atoms with Gasteiger partial charge in [0.2, 0.25) is 0 Å². The van der Waals surface area contributed by atoms with Crippen LogP contribution in [0.5, 0.6) is 0 Å². The van der Waals surface area contributed by atoms with Gasteiger partial charge in [0.15, 0.2) is 0 Å². The van der Waals surface area contributed by atoms with Gasteiger partial charge in [-0.05, 0) is 13.8 Å². The Balaban J connectivity index is 0.00000162. The number of hydrogen-bond acceptors (Lipinski definition) is 1. The summed E-state index contributed by atoms with van der Waals surface area (Å²) < 4.78 is 0. The summed E-state index contributed by atoms with van der Waals surface area (Å²) in [6.45, 7) is 3.85. The minimum absolute atomic E-state index is 0. The second kappa shape index (κ2) is 7.26. The molecule has 0 unspecified atom stereocenters. The third-order valence-electron chi connectivity index (χ3n) is 2.36. The fraction of sp³-hybridized carbons (Fsp3) is 0.214. The first-order valence-electron chi connectivity index (χ1n) is 5.62. The topological polar surface area (TPSA) is 41.1 Å². The molecule has 0 aliphatic heterocycles. The Kier molecular flexibility index (Phi) is 6.32. The number of benzene rings is 2. The van der Waals surface area contributed by atoms with Crippen LogP contribution < -0.4 is 62.0 Å². The molecule has 2 rings (SSSR count). The Morgan fingerprint density at radius 1 is 1.22 bits per heavy atom. The molecule has 0 saturated heterocycles. The predicted molar refractivity (Wildman–Crippen MR) is 70.1 cm³/mol. The molecule has 0 saturated carbocycles. The van der Waals surface area contributed by atoms with Gasteiger partial charge in [0.1, 0.15) is 0 Å². The number of carbonyl (C=O) groups excluding carboxylic acids is 1. The SMILES string of the molecule is CC(C)NC(=O)Nc1ccc2c[c-]ccc2c1.[K+]. The zero-order valence-electron chi connectivity index (χ0n) is 10.9. The van der Waals surface area contributed by atoms with E-state index in [0.29, 0.717) is 0 Å². The first-order valence-corrected chi connectivity index (χ1v) is 5.62. The number of urea groups is 1. The molecule has 2 aromatic rings. The van der Waals surface area contributed by atoms with Crippen LogP contribution in [0.25, 0.3) is 10.8 Å². The molecule has 0 atom stereocenters. The Hall–Kier alpha value is -0.394. The smallest absolute Gasteiger partial charge is 0.336 e. The maximum Gasteiger partial charge on any atom is 1.00 e. The molecule has 4 heteroatoms. The largest absolute Gasteiger partial charge is 1.00 e. The third kappa shape index (κ3) is 4.37. The van der Waals surface area contributed by atoms with Crippen molar-refractivity contribution in [1.82, 2.24) is 5.32 Å². The molecule has 0 heterocycles. The Labute approximate surface area is 150 Å². The molecule has 2 amide bonds. The van der Waals surface area contributed by atoms with E-state index in [1.165, 1.54) is 0 Å². The van der Waals surface area contributed by atoms with Gasteiger partial charge in [-0.2, -0.15) is 24.3 Å². The van der Waals surface area contributed by atoms with Crippen molar-refractivity contribution in [2.24, 2.45) is 0 Å². The number of carbonyl (C=O) groups is 1. The standard InChI is InChI=1S/C14H15N2O.K/c1-10(2)15-14(17)16-13-8-7-11-5-3-4-6-12(11)9-13;/h4-10H,1-2H3,(H2,15,16,17);/q-1;+1. The third-order valence-corrected chi connectivity index (χ3v) is 2.36. The van der Waals surface area contributed by atoms with Gasteiger partial charge in [0, 0.05) is 11.7 Å². The van der Waals surface area contributed by atoms with Gasteiger partial charge in [-0.25, -0.2) is 4.79 Å². The monoisotopic (exact) mass is 266 g/mol. The number of hydrogen-bond donors (Lipinski definition) is 2. The van der Waals surface area contributed by atoms with Gasteiger partial charge in [0.05, 0.1) is 0 Å². The molecule has 2 N–H and O–H groups in total. The summed E-state index contributed by atoms with van der Waals surface area (Å²) in [7, 11) is 0. The Bertz CT molecular complexity index is 540. The summed E-state index contributed by atoms with van der Waals surface area (Å²) in [4.78, 5) is 11.5. The molecule has 2 aromatic carbocycles. The van der Waals surface area contributed by atoms with E-state index in [4.69, 9.17) is 0 Å². The molecule has 0 aliphatic carbocycles. The number of anilines is 1. The number of amides is 2. The van der Waals surface area contributed by atoms with Crippen LogP contribution in [0.4, 0.5) is 10.5 Å². The van der Waals surface area contributed by atoms with Crippen LogP contribution in [0, 0.1) is 6.07 Å². The van der Waals surface area contributed by atoms with Crippen molar-refractivity contribution in [3.8, 4) is 0 Å². The van der Waals surface area contributed by atoms with E-state index in [1.807, 2.05) is 50.2 Å². The van der Waals surface area contributed by atoms with E-state index in [2.05, 4.69) is 16.7 Å². The van der Waals surface area contributed by atoms with Crippen molar-refractivity contribution in [2.75, 3.05) is 5.32 Å². The second-order valence-electron chi connectivity index (χ2n) is 4.24. The molecular weight excluding hydrogens is 251 g/mol. The second-order valence-corrected chi connectivity index (χ2v) is 4.24. The van der Waals surface area contributed by atoms with Gasteiger partial charge >= 0.3 is 57.4 Å². The summed E-state index contributed by atoms with van der Waals surface area (Å²) in [6, 6.07) is 14.5. The maximum atomic E-state index is 11.5. The Morgan fingerprint density at radius 2 is 2.00 bits per heavy atom. The maximum absolute atomic E-state index is 11.5. The van der Waals surface area contributed by atoms with E-state index in [1.54, 1.807) is 0 Å². The van der Waals surface area contributed by atoms with Crippen molar-refractivity contribution in [2.45, 2.75) is 19.9 Å². The van der Waals surface area contributed by atoms with E-state index >= 15 is 0 Å². The van der Waals surface area contributed by atoms with Crippen LogP contribution in [-0.4, -0.2) is 12.1 Å².